The van der Waals surface area contributed by atoms with Crippen LogP contribution in [0.1, 0.15) is 35.8 Å². The lowest BCUT2D eigenvalue weighted by atomic mass is 10.2. The quantitative estimate of drug-likeness (QED) is 0.399. The molecule has 3 aromatic rings. The molecule has 2 fully saturated rings. The first kappa shape index (κ1) is 27.7. The molecule has 0 spiro atoms. The number of likely N-dealkylation sites (N-methyl/N-ethyl adjacent to an activating group) is 1. The molecule has 0 radical (unpaired) electrons. The summed E-state index contributed by atoms with van der Waals surface area (Å²) >= 11 is 0. The van der Waals surface area contributed by atoms with Crippen LogP contribution in [-0.2, 0) is 14.8 Å². The van der Waals surface area contributed by atoms with Crippen molar-refractivity contribution in [2.45, 2.75) is 31.6 Å². The van der Waals surface area contributed by atoms with Crippen LogP contribution in [0.5, 0.6) is 11.6 Å². The molecule has 13 heteroatoms. The van der Waals surface area contributed by atoms with Crippen molar-refractivity contribution in [2.75, 3.05) is 38.0 Å². The summed E-state index contributed by atoms with van der Waals surface area (Å²) in [7, 11) is -4.09. The maximum atomic E-state index is 14.0. The molecule has 2 N–H and O–H groups in total. The normalized spacial score (nSPS) is 16.6. The number of hydrogen-bond donors (Lipinski definition) is 2. The van der Waals surface area contributed by atoms with Gasteiger partial charge >= 0.3 is 5.97 Å². The first-order chi connectivity index (χ1) is 19.1. The number of aromatic nitrogens is 2. The standard InChI is InChI=1S/C27H30FN5O6S/c1-3-31-11-13-32(14-12-31)40(37,38)23-16-20(29-25(34)18-7-8-18)9-10-22(23)39-26-17(2)24(27(35)36)30-33(26)21-6-4-5-19(28)15-21/h4-6,9-10,15-16,18H,3,7-8,11-14H2,1-2H3,(H,29,34)(H,35,36). The Morgan fingerprint density at radius 2 is 1.85 bits per heavy atom. The van der Waals surface area contributed by atoms with Crippen molar-refractivity contribution in [3.8, 4) is 17.3 Å². The summed E-state index contributed by atoms with van der Waals surface area (Å²) in [5.41, 5.74) is 0.297. The molecule has 1 aliphatic heterocycles. The van der Waals surface area contributed by atoms with Gasteiger partial charge in [0, 0.05) is 43.3 Å². The van der Waals surface area contributed by atoms with Gasteiger partial charge in [0.25, 0.3) is 0 Å². The van der Waals surface area contributed by atoms with E-state index in [1.54, 1.807) is 0 Å². The van der Waals surface area contributed by atoms with Crippen LogP contribution in [0.15, 0.2) is 47.4 Å². The minimum Gasteiger partial charge on any atom is -0.476 e. The molecule has 5 rings (SSSR count). The summed E-state index contributed by atoms with van der Waals surface area (Å²) in [5, 5.41) is 16.6. The van der Waals surface area contributed by atoms with E-state index >= 15 is 0 Å². The van der Waals surface area contributed by atoms with Crippen molar-refractivity contribution in [2.24, 2.45) is 5.92 Å². The fourth-order valence-corrected chi connectivity index (χ4v) is 6.14. The number of benzene rings is 2. The van der Waals surface area contributed by atoms with Crippen LogP contribution in [-0.4, -0.2) is 77.1 Å². The number of carbonyl (C=O) groups excluding carboxylic acids is 1. The molecule has 1 aromatic heterocycles. The van der Waals surface area contributed by atoms with Gasteiger partial charge in [0.15, 0.2) is 5.69 Å². The van der Waals surface area contributed by atoms with E-state index in [1.165, 1.54) is 47.6 Å². The highest BCUT2D eigenvalue weighted by Crippen LogP contribution is 2.37. The van der Waals surface area contributed by atoms with Crippen LogP contribution in [0.4, 0.5) is 10.1 Å². The van der Waals surface area contributed by atoms with Crippen LogP contribution in [0, 0.1) is 18.7 Å². The van der Waals surface area contributed by atoms with E-state index in [4.69, 9.17) is 4.74 Å². The van der Waals surface area contributed by atoms with Gasteiger partial charge in [-0.25, -0.2) is 17.6 Å². The fourth-order valence-electron chi connectivity index (χ4n) is 4.58. The molecule has 11 nitrogen and oxygen atoms in total. The van der Waals surface area contributed by atoms with Gasteiger partial charge in [-0.2, -0.15) is 14.1 Å². The molecule has 0 atom stereocenters. The van der Waals surface area contributed by atoms with Crippen LogP contribution in [0.25, 0.3) is 5.69 Å². The average molecular weight is 572 g/mol. The predicted octanol–water partition coefficient (Wildman–Crippen LogP) is 3.49. The highest BCUT2D eigenvalue weighted by molar-refractivity contribution is 7.89. The Bertz CT molecular complexity index is 1560. The number of carboxylic acid groups (broad SMARTS) is 1. The van der Waals surface area contributed by atoms with E-state index in [0.29, 0.717) is 18.8 Å². The molecule has 2 heterocycles. The van der Waals surface area contributed by atoms with Crippen LogP contribution in [0.3, 0.4) is 0 Å². The summed E-state index contributed by atoms with van der Waals surface area (Å²) in [5.74, 6) is -2.32. The monoisotopic (exact) mass is 571 g/mol. The number of carbonyl (C=O) groups is 2. The Hall–Kier alpha value is -3.81. The number of piperazine rings is 1. The van der Waals surface area contributed by atoms with Gasteiger partial charge in [-0.3, -0.25) is 4.79 Å². The summed E-state index contributed by atoms with van der Waals surface area (Å²) < 4.78 is 50.5. The Balaban J connectivity index is 1.58. The maximum absolute atomic E-state index is 14.0. The van der Waals surface area contributed by atoms with Crippen molar-refractivity contribution in [3.63, 3.8) is 0 Å². The van der Waals surface area contributed by atoms with E-state index in [2.05, 4.69) is 15.3 Å². The highest BCUT2D eigenvalue weighted by Gasteiger charge is 2.34. The van der Waals surface area contributed by atoms with E-state index in [1.807, 2.05) is 6.92 Å². The van der Waals surface area contributed by atoms with Crippen LogP contribution < -0.4 is 10.1 Å². The molecule has 2 aliphatic rings. The van der Waals surface area contributed by atoms with Crippen molar-refractivity contribution in [1.29, 1.82) is 0 Å². The van der Waals surface area contributed by atoms with Crippen LogP contribution >= 0.6 is 0 Å². The molecular weight excluding hydrogens is 541 g/mol. The third-order valence-corrected chi connectivity index (χ3v) is 9.01. The lowest BCUT2D eigenvalue weighted by Gasteiger charge is -2.33. The number of rotatable bonds is 9. The van der Waals surface area contributed by atoms with E-state index in [9.17, 15) is 27.5 Å². The van der Waals surface area contributed by atoms with Crippen LogP contribution in [0.2, 0.25) is 0 Å². The van der Waals surface area contributed by atoms with Gasteiger partial charge in [0.1, 0.15) is 16.5 Å². The van der Waals surface area contributed by atoms with Crippen molar-refractivity contribution in [3.05, 3.63) is 59.5 Å². The van der Waals surface area contributed by atoms with E-state index in [0.717, 1.165) is 30.1 Å². The first-order valence-electron chi connectivity index (χ1n) is 13.0. The number of aromatic carboxylic acids is 1. The Morgan fingerprint density at radius 3 is 2.48 bits per heavy atom. The topological polar surface area (TPSA) is 134 Å². The predicted molar refractivity (Wildman–Crippen MR) is 144 cm³/mol. The fraction of sp³-hybridized carbons (Fsp3) is 0.370. The number of amides is 1. The largest absolute Gasteiger partial charge is 0.476 e. The Labute approximate surface area is 231 Å². The number of halogens is 1. The number of sulfonamides is 1. The van der Waals surface area contributed by atoms with Crippen molar-refractivity contribution in [1.82, 2.24) is 19.0 Å². The highest BCUT2D eigenvalue weighted by atomic mass is 32.2. The van der Waals surface area contributed by atoms with E-state index in [-0.39, 0.29) is 58.4 Å². The molecule has 212 valence electrons. The number of ether oxygens (including phenoxy) is 1. The molecule has 1 aliphatic carbocycles. The third-order valence-electron chi connectivity index (χ3n) is 7.09. The zero-order valence-corrected chi connectivity index (χ0v) is 22.9. The number of nitrogens with one attached hydrogen (secondary N) is 1. The Kier molecular flexibility index (Phi) is 7.62. The second-order valence-corrected chi connectivity index (χ2v) is 11.7. The molecule has 0 unspecified atom stereocenters. The van der Waals surface area contributed by atoms with Crippen molar-refractivity contribution >= 4 is 27.6 Å². The smallest absolute Gasteiger partial charge is 0.356 e. The molecule has 40 heavy (non-hydrogen) atoms. The van der Waals surface area contributed by atoms with E-state index < -0.39 is 21.8 Å². The lowest BCUT2D eigenvalue weighted by molar-refractivity contribution is -0.117. The van der Waals surface area contributed by atoms with Gasteiger partial charge in [0.05, 0.1) is 5.69 Å². The minimum atomic E-state index is -4.09. The number of anilines is 1. The SMILES string of the molecule is CCN1CCN(S(=O)(=O)c2cc(NC(=O)C3CC3)ccc2Oc2c(C)c(C(=O)O)nn2-c2cccc(F)c2)CC1. The molecule has 1 saturated heterocycles. The summed E-state index contributed by atoms with van der Waals surface area (Å²) in [6, 6.07) is 9.65. The number of nitrogens with zero attached hydrogens (tertiary/aromatic N) is 4. The molecule has 2 aromatic carbocycles. The summed E-state index contributed by atoms with van der Waals surface area (Å²) in [4.78, 5) is 26.3. The second kappa shape index (κ2) is 11.0. The second-order valence-electron chi connectivity index (χ2n) is 9.84. The molecule has 1 amide bonds. The molecular formula is C27H30FN5O6S. The average Bonchev–Trinajstić information content (AvgIpc) is 3.74. The third kappa shape index (κ3) is 5.58. The molecule has 0 bridgehead atoms. The number of carboxylic acids is 1. The van der Waals surface area contributed by atoms with Gasteiger partial charge in [0.2, 0.25) is 21.8 Å². The minimum absolute atomic E-state index is 0.0787. The van der Waals surface area contributed by atoms with Gasteiger partial charge < -0.3 is 20.1 Å². The lowest BCUT2D eigenvalue weighted by Crippen LogP contribution is -2.48. The zero-order chi connectivity index (χ0) is 28.6. The van der Waals surface area contributed by atoms with Gasteiger partial charge in [-0.05, 0) is 62.7 Å². The van der Waals surface area contributed by atoms with Gasteiger partial charge in [-0.15, -0.1) is 0 Å². The number of hydrogen-bond acceptors (Lipinski definition) is 7. The first-order valence-corrected chi connectivity index (χ1v) is 14.5. The zero-order valence-electron chi connectivity index (χ0n) is 22.1. The van der Waals surface area contributed by atoms with Crippen molar-refractivity contribution < 1.29 is 32.2 Å². The maximum Gasteiger partial charge on any atom is 0.356 e. The van der Waals surface area contributed by atoms with Gasteiger partial charge in [-0.1, -0.05) is 13.0 Å². The Morgan fingerprint density at radius 1 is 1.12 bits per heavy atom. The summed E-state index contributed by atoms with van der Waals surface area (Å²) in [6.07, 6.45) is 1.57. The summed E-state index contributed by atoms with van der Waals surface area (Å²) in [6.45, 7) is 5.98. The molecule has 1 saturated carbocycles.